The van der Waals surface area contributed by atoms with Gasteiger partial charge in [-0.25, -0.2) is 0 Å². The van der Waals surface area contributed by atoms with E-state index < -0.39 is 5.97 Å². The zero-order valence-corrected chi connectivity index (χ0v) is 9.03. The van der Waals surface area contributed by atoms with Crippen LogP contribution in [0.3, 0.4) is 0 Å². The first-order chi connectivity index (χ1) is 7.05. The molecule has 2 aliphatic rings. The summed E-state index contributed by atoms with van der Waals surface area (Å²) in [4.78, 5) is 24.7. The van der Waals surface area contributed by atoms with E-state index in [1.165, 1.54) is 0 Å². The Hall–Kier alpha value is -1.06. The third kappa shape index (κ3) is 1.62. The highest BCUT2D eigenvalue weighted by atomic mass is 16.4. The molecule has 1 aliphatic heterocycles. The quantitative estimate of drug-likeness (QED) is 0.706. The maximum atomic E-state index is 12.0. The largest absolute Gasteiger partial charge is 0.481 e. The molecular formula is C11H17NO3. The minimum absolute atomic E-state index is 0.161. The number of carboxylic acids is 1. The lowest BCUT2D eigenvalue weighted by Gasteiger charge is -2.34. The summed E-state index contributed by atoms with van der Waals surface area (Å²) < 4.78 is 0. The van der Waals surface area contributed by atoms with Crippen LogP contribution in [0.2, 0.25) is 0 Å². The van der Waals surface area contributed by atoms with Crippen molar-refractivity contribution in [1.82, 2.24) is 4.90 Å². The average Bonchev–Trinajstić information content (AvgIpc) is 2.48. The van der Waals surface area contributed by atoms with Crippen LogP contribution in [0.4, 0.5) is 0 Å². The van der Waals surface area contributed by atoms with Crippen molar-refractivity contribution in [3.63, 3.8) is 0 Å². The maximum absolute atomic E-state index is 12.0. The molecule has 1 spiro atoms. The van der Waals surface area contributed by atoms with Crippen LogP contribution in [0.15, 0.2) is 0 Å². The van der Waals surface area contributed by atoms with Gasteiger partial charge in [-0.1, -0.05) is 6.42 Å². The van der Waals surface area contributed by atoms with Crippen molar-refractivity contribution in [3.8, 4) is 0 Å². The van der Waals surface area contributed by atoms with Crippen LogP contribution >= 0.6 is 0 Å². The molecule has 1 saturated heterocycles. The highest BCUT2D eigenvalue weighted by Crippen LogP contribution is 2.46. The first kappa shape index (κ1) is 10.5. The van der Waals surface area contributed by atoms with Gasteiger partial charge in [0, 0.05) is 13.6 Å². The highest BCUT2D eigenvalue weighted by Gasteiger charge is 2.49. The molecule has 1 saturated carbocycles. The molecule has 2 atom stereocenters. The standard InChI is InChI=1S/C11H17NO3/c1-12-6-5-11(10(12)15)4-2-3-8(7-11)9(13)14/h8H,2-7H2,1H3,(H,13,14)/t8-,11-/m0/s1. The van der Waals surface area contributed by atoms with E-state index in [4.69, 9.17) is 5.11 Å². The summed E-state index contributed by atoms with van der Waals surface area (Å²) in [5, 5.41) is 9.01. The lowest BCUT2D eigenvalue weighted by Crippen LogP contribution is -2.38. The number of aliphatic carboxylic acids is 1. The van der Waals surface area contributed by atoms with Gasteiger partial charge in [-0.3, -0.25) is 9.59 Å². The summed E-state index contributed by atoms with van der Waals surface area (Å²) in [5.41, 5.74) is -0.337. The number of hydrogen-bond acceptors (Lipinski definition) is 2. The molecule has 2 fully saturated rings. The Kier molecular flexibility index (Phi) is 2.44. The van der Waals surface area contributed by atoms with Gasteiger partial charge in [0.15, 0.2) is 0 Å². The molecule has 0 radical (unpaired) electrons. The Balaban J connectivity index is 2.15. The van der Waals surface area contributed by atoms with E-state index in [2.05, 4.69) is 0 Å². The van der Waals surface area contributed by atoms with Gasteiger partial charge in [-0.15, -0.1) is 0 Å². The number of carbonyl (C=O) groups is 2. The maximum Gasteiger partial charge on any atom is 0.306 e. The first-order valence-corrected chi connectivity index (χ1v) is 5.53. The molecule has 2 rings (SSSR count). The van der Waals surface area contributed by atoms with Gasteiger partial charge in [0.2, 0.25) is 5.91 Å². The summed E-state index contributed by atoms with van der Waals surface area (Å²) in [6.45, 7) is 0.783. The molecule has 84 valence electrons. The number of nitrogens with zero attached hydrogens (tertiary/aromatic N) is 1. The number of carboxylic acid groups (broad SMARTS) is 1. The Morgan fingerprint density at radius 1 is 1.53 bits per heavy atom. The van der Waals surface area contributed by atoms with Crippen LogP contribution in [0.5, 0.6) is 0 Å². The second-order valence-corrected chi connectivity index (χ2v) is 4.89. The van der Waals surface area contributed by atoms with Crippen LogP contribution in [0.25, 0.3) is 0 Å². The number of amides is 1. The highest BCUT2D eigenvalue weighted by molar-refractivity contribution is 5.85. The number of carbonyl (C=O) groups excluding carboxylic acids is 1. The van der Waals surface area contributed by atoms with E-state index in [0.29, 0.717) is 6.42 Å². The van der Waals surface area contributed by atoms with Gasteiger partial charge in [0.1, 0.15) is 0 Å². The third-order valence-electron chi connectivity index (χ3n) is 3.92. The molecule has 1 aliphatic carbocycles. The summed E-state index contributed by atoms with van der Waals surface area (Å²) in [6, 6.07) is 0. The third-order valence-corrected chi connectivity index (χ3v) is 3.92. The summed E-state index contributed by atoms with van der Waals surface area (Å²) in [6.07, 6.45) is 3.86. The summed E-state index contributed by atoms with van der Waals surface area (Å²) in [5.74, 6) is -0.890. The van der Waals surface area contributed by atoms with E-state index >= 15 is 0 Å². The molecule has 1 N–H and O–H groups in total. The van der Waals surface area contributed by atoms with Crippen LogP contribution in [0, 0.1) is 11.3 Å². The van der Waals surface area contributed by atoms with E-state index in [9.17, 15) is 9.59 Å². The molecule has 0 unspecified atom stereocenters. The number of likely N-dealkylation sites (tertiary alicyclic amines) is 1. The minimum Gasteiger partial charge on any atom is -0.481 e. The van der Waals surface area contributed by atoms with Gasteiger partial charge in [-0.2, -0.15) is 0 Å². The number of rotatable bonds is 1. The Morgan fingerprint density at radius 2 is 2.27 bits per heavy atom. The topological polar surface area (TPSA) is 57.6 Å². The zero-order valence-electron chi connectivity index (χ0n) is 9.03. The monoisotopic (exact) mass is 211 g/mol. The first-order valence-electron chi connectivity index (χ1n) is 5.53. The van der Waals surface area contributed by atoms with Crippen LogP contribution in [-0.4, -0.2) is 35.5 Å². The molecule has 1 amide bonds. The van der Waals surface area contributed by atoms with Gasteiger partial charge >= 0.3 is 5.97 Å². The van der Waals surface area contributed by atoms with Crippen molar-refractivity contribution in [3.05, 3.63) is 0 Å². The lowest BCUT2D eigenvalue weighted by atomic mass is 9.68. The second kappa shape index (κ2) is 3.51. The van der Waals surface area contributed by atoms with Crippen LogP contribution in [0.1, 0.15) is 32.1 Å². The molecule has 0 aromatic carbocycles. The predicted octanol–water partition coefficient (Wildman–Crippen LogP) is 1.11. The predicted molar refractivity (Wildman–Crippen MR) is 54.3 cm³/mol. The molecule has 0 aromatic heterocycles. The summed E-state index contributed by atoms with van der Waals surface area (Å²) >= 11 is 0. The zero-order chi connectivity index (χ0) is 11.1. The van der Waals surface area contributed by atoms with Crippen LogP contribution in [-0.2, 0) is 9.59 Å². The molecule has 0 bridgehead atoms. The van der Waals surface area contributed by atoms with Crippen LogP contribution < -0.4 is 0 Å². The fourth-order valence-corrected chi connectivity index (χ4v) is 2.99. The Bertz CT molecular complexity index is 298. The smallest absolute Gasteiger partial charge is 0.306 e. The summed E-state index contributed by atoms with van der Waals surface area (Å²) in [7, 11) is 1.81. The fourth-order valence-electron chi connectivity index (χ4n) is 2.99. The second-order valence-electron chi connectivity index (χ2n) is 4.89. The van der Waals surface area contributed by atoms with Gasteiger partial charge in [-0.05, 0) is 25.7 Å². The van der Waals surface area contributed by atoms with Gasteiger partial charge in [0.05, 0.1) is 11.3 Å². The SMILES string of the molecule is CN1CC[C@]2(CCC[C@H](C(=O)O)C2)C1=O. The molecule has 15 heavy (non-hydrogen) atoms. The minimum atomic E-state index is -0.739. The van der Waals surface area contributed by atoms with E-state index in [1.807, 2.05) is 7.05 Å². The van der Waals surface area contributed by atoms with Gasteiger partial charge < -0.3 is 10.0 Å². The van der Waals surface area contributed by atoms with Crippen molar-refractivity contribution in [2.75, 3.05) is 13.6 Å². The average molecular weight is 211 g/mol. The fraction of sp³-hybridized carbons (Fsp3) is 0.818. The normalized spacial score (nSPS) is 36.2. The van der Waals surface area contributed by atoms with Crippen molar-refractivity contribution in [2.45, 2.75) is 32.1 Å². The lowest BCUT2D eigenvalue weighted by molar-refractivity contribution is -0.147. The van der Waals surface area contributed by atoms with Crippen molar-refractivity contribution >= 4 is 11.9 Å². The van der Waals surface area contributed by atoms with E-state index in [-0.39, 0.29) is 17.2 Å². The Labute approximate surface area is 89.3 Å². The molecule has 4 nitrogen and oxygen atoms in total. The molecule has 4 heteroatoms. The Morgan fingerprint density at radius 3 is 2.80 bits per heavy atom. The molecule has 1 heterocycles. The van der Waals surface area contributed by atoms with Gasteiger partial charge in [0.25, 0.3) is 0 Å². The van der Waals surface area contributed by atoms with E-state index in [1.54, 1.807) is 4.90 Å². The number of hydrogen-bond donors (Lipinski definition) is 1. The van der Waals surface area contributed by atoms with Crippen molar-refractivity contribution in [2.24, 2.45) is 11.3 Å². The van der Waals surface area contributed by atoms with E-state index in [0.717, 1.165) is 32.2 Å². The molecule has 0 aromatic rings. The van der Waals surface area contributed by atoms with Crippen molar-refractivity contribution < 1.29 is 14.7 Å². The van der Waals surface area contributed by atoms with Crippen molar-refractivity contribution in [1.29, 1.82) is 0 Å². The molecular weight excluding hydrogens is 194 g/mol.